The van der Waals surface area contributed by atoms with Gasteiger partial charge in [0.1, 0.15) is 0 Å². The first-order valence-corrected chi connectivity index (χ1v) is 7.99. The van der Waals surface area contributed by atoms with Gasteiger partial charge in [-0.05, 0) is 50.8 Å². The number of aromatic nitrogens is 2. The fraction of sp³-hybridized carbons (Fsp3) is 0.800. The van der Waals surface area contributed by atoms with Crippen LogP contribution in [0.5, 0.6) is 0 Å². The van der Waals surface area contributed by atoms with Crippen LogP contribution < -0.4 is 5.32 Å². The summed E-state index contributed by atoms with van der Waals surface area (Å²) in [5.74, 6) is 0. The molecule has 2 aliphatic rings. The van der Waals surface area contributed by atoms with Gasteiger partial charge in [-0.15, -0.1) is 0 Å². The van der Waals surface area contributed by atoms with Crippen LogP contribution in [-0.2, 0) is 24.1 Å². The van der Waals surface area contributed by atoms with Crippen LogP contribution in [0.25, 0.3) is 0 Å². The molecule has 5 heteroatoms. The zero-order valence-corrected chi connectivity index (χ0v) is 12.3. The van der Waals surface area contributed by atoms with Crippen molar-refractivity contribution in [3.63, 3.8) is 0 Å². The molecule has 112 valence electrons. The van der Waals surface area contributed by atoms with Crippen molar-refractivity contribution in [3.8, 4) is 0 Å². The first-order valence-electron chi connectivity index (χ1n) is 7.99. The number of aryl methyl sites for hydroxylation is 1. The second kappa shape index (κ2) is 7.20. The Morgan fingerprint density at radius 1 is 1.20 bits per heavy atom. The average Bonchev–Trinajstić information content (AvgIpc) is 2.91. The number of hydrogen-bond donors (Lipinski definition) is 2. The van der Waals surface area contributed by atoms with Crippen molar-refractivity contribution in [2.24, 2.45) is 0 Å². The van der Waals surface area contributed by atoms with E-state index in [2.05, 4.69) is 20.4 Å². The minimum atomic E-state index is 0.896. The van der Waals surface area contributed by atoms with E-state index in [4.69, 9.17) is 4.74 Å². The highest BCUT2D eigenvalue weighted by Crippen LogP contribution is 2.21. The zero-order valence-electron chi connectivity index (χ0n) is 12.3. The van der Waals surface area contributed by atoms with Crippen molar-refractivity contribution in [2.45, 2.75) is 38.6 Å². The monoisotopic (exact) mass is 278 g/mol. The third-order valence-corrected chi connectivity index (χ3v) is 4.37. The predicted octanol–water partition coefficient (Wildman–Crippen LogP) is 1.10. The fourth-order valence-corrected chi connectivity index (χ4v) is 3.16. The van der Waals surface area contributed by atoms with Gasteiger partial charge in [-0.25, -0.2) is 0 Å². The maximum Gasteiger partial charge on any atom is 0.0794 e. The number of rotatable bonds is 6. The van der Waals surface area contributed by atoms with Gasteiger partial charge in [0.15, 0.2) is 0 Å². The molecule has 20 heavy (non-hydrogen) atoms. The van der Waals surface area contributed by atoms with E-state index < -0.39 is 0 Å². The molecule has 3 rings (SSSR count). The van der Waals surface area contributed by atoms with Gasteiger partial charge in [-0.3, -0.25) is 10.00 Å². The first-order chi connectivity index (χ1) is 9.93. The van der Waals surface area contributed by atoms with E-state index in [1.165, 1.54) is 55.6 Å². The Balaban J connectivity index is 1.34. The predicted molar refractivity (Wildman–Crippen MR) is 78.8 cm³/mol. The molecule has 0 aromatic carbocycles. The van der Waals surface area contributed by atoms with Gasteiger partial charge in [0.05, 0.1) is 18.9 Å². The molecule has 0 radical (unpaired) electrons. The van der Waals surface area contributed by atoms with Crippen molar-refractivity contribution in [3.05, 3.63) is 17.0 Å². The van der Waals surface area contributed by atoms with E-state index >= 15 is 0 Å². The van der Waals surface area contributed by atoms with Crippen LogP contribution in [0.1, 0.15) is 36.2 Å². The number of aromatic amines is 1. The molecule has 0 saturated carbocycles. The zero-order chi connectivity index (χ0) is 13.6. The Morgan fingerprint density at radius 3 is 2.95 bits per heavy atom. The van der Waals surface area contributed by atoms with E-state index in [1.54, 1.807) is 0 Å². The summed E-state index contributed by atoms with van der Waals surface area (Å²) in [6, 6.07) is 0. The Bertz CT molecular complexity index is 412. The Labute approximate surface area is 121 Å². The maximum atomic E-state index is 5.36. The first kappa shape index (κ1) is 14.0. The number of H-pyrrole nitrogens is 1. The van der Waals surface area contributed by atoms with Crippen molar-refractivity contribution in [2.75, 3.05) is 39.4 Å². The highest BCUT2D eigenvalue weighted by Gasteiger charge is 2.16. The number of hydrogen-bond acceptors (Lipinski definition) is 4. The van der Waals surface area contributed by atoms with Gasteiger partial charge in [-0.2, -0.15) is 5.10 Å². The van der Waals surface area contributed by atoms with Gasteiger partial charge < -0.3 is 10.1 Å². The summed E-state index contributed by atoms with van der Waals surface area (Å²) in [4.78, 5) is 2.49. The standard InChI is InChI=1S/C15H26N4O/c1-2-5-14-13(4-1)15(18-17-14)12-16-6-3-7-19-8-10-20-11-9-19/h16H,1-12H2,(H,17,18). The van der Waals surface area contributed by atoms with E-state index in [-0.39, 0.29) is 0 Å². The molecule has 1 aromatic rings. The smallest absolute Gasteiger partial charge is 0.0794 e. The van der Waals surface area contributed by atoms with Crippen LogP contribution in [-0.4, -0.2) is 54.5 Å². The highest BCUT2D eigenvalue weighted by molar-refractivity contribution is 5.27. The van der Waals surface area contributed by atoms with Crippen LogP contribution in [0.3, 0.4) is 0 Å². The Morgan fingerprint density at radius 2 is 2.05 bits per heavy atom. The largest absolute Gasteiger partial charge is 0.379 e. The summed E-state index contributed by atoms with van der Waals surface area (Å²) in [7, 11) is 0. The summed E-state index contributed by atoms with van der Waals surface area (Å²) in [6.07, 6.45) is 6.21. The normalized spacial score (nSPS) is 20.0. The van der Waals surface area contributed by atoms with Crippen LogP contribution >= 0.6 is 0 Å². The van der Waals surface area contributed by atoms with Gasteiger partial charge in [0, 0.05) is 25.3 Å². The molecule has 2 heterocycles. The Hall–Kier alpha value is -0.910. The summed E-state index contributed by atoms with van der Waals surface area (Å²) < 4.78 is 5.36. The maximum absolute atomic E-state index is 5.36. The molecule has 5 nitrogen and oxygen atoms in total. The number of nitrogens with zero attached hydrogens (tertiary/aromatic N) is 2. The molecule has 1 aliphatic heterocycles. The summed E-state index contributed by atoms with van der Waals surface area (Å²) in [5.41, 5.74) is 4.10. The Kier molecular flexibility index (Phi) is 5.06. The van der Waals surface area contributed by atoms with Crippen LogP contribution in [0.15, 0.2) is 0 Å². The number of morpholine rings is 1. The van der Waals surface area contributed by atoms with E-state index in [9.17, 15) is 0 Å². The third kappa shape index (κ3) is 3.59. The topological polar surface area (TPSA) is 53.2 Å². The lowest BCUT2D eigenvalue weighted by molar-refractivity contribution is 0.0374. The second-order valence-corrected chi connectivity index (χ2v) is 5.82. The molecule has 1 aromatic heterocycles. The quantitative estimate of drug-likeness (QED) is 0.765. The molecule has 1 fully saturated rings. The molecule has 1 aliphatic carbocycles. The van der Waals surface area contributed by atoms with Crippen LogP contribution in [0, 0.1) is 0 Å². The number of nitrogens with one attached hydrogen (secondary N) is 2. The molecule has 1 saturated heterocycles. The SMILES string of the molecule is C1CCc2c(CNCCCN3CCOCC3)n[nH]c2C1. The van der Waals surface area contributed by atoms with Gasteiger partial charge in [0.25, 0.3) is 0 Å². The molecule has 0 spiro atoms. The fourth-order valence-electron chi connectivity index (χ4n) is 3.16. The molecule has 0 atom stereocenters. The lowest BCUT2D eigenvalue weighted by atomic mass is 9.96. The van der Waals surface area contributed by atoms with Gasteiger partial charge in [0.2, 0.25) is 0 Å². The molecule has 0 bridgehead atoms. The summed E-state index contributed by atoms with van der Waals surface area (Å²) in [5, 5.41) is 11.2. The highest BCUT2D eigenvalue weighted by atomic mass is 16.5. The summed E-state index contributed by atoms with van der Waals surface area (Å²) in [6.45, 7) is 7.13. The van der Waals surface area contributed by atoms with Crippen molar-refractivity contribution >= 4 is 0 Å². The molecular weight excluding hydrogens is 252 g/mol. The van der Waals surface area contributed by atoms with E-state index in [1.807, 2.05) is 0 Å². The van der Waals surface area contributed by atoms with Gasteiger partial charge in [-0.1, -0.05) is 0 Å². The number of ether oxygens (including phenoxy) is 1. The van der Waals surface area contributed by atoms with Crippen molar-refractivity contribution in [1.82, 2.24) is 20.4 Å². The number of fused-ring (bicyclic) bond motifs is 1. The average molecular weight is 278 g/mol. The second-order valence-electron chi connectivity index (χ2n) is 5.82. The van der Waals surface area contributed by atoms with E-state index in [0.717, 1.165) is 39.4 Å². The molecule has 0 unspecified atom stereocenters. The third-order valence-electron chi connectivity index (χ3n) is 4.37. The van der Waals surface area contributed by atoms with Crippen LogP contribution in [0.2, 0.25) is 0 Å². The van der Waals surface area contributed by atoms with Crippen molar-refractivity contribution in [1.29, 1.82) is 0 Å². The van der Waals surface area contributed by atoms with Crippen LogP contribution in [0.4, 0.5) is 0 Å². The van der Waals surface area contributed by atoms with Gasteiger partial charge >= 0.3 is 0 Å². The van der Waals surface area contributed by atoms with Crippen molar-refractivity contribution < 1.29 is 4.74 Å². The molecule has 0 amide bonds. The molecular formula is C15H26N4O. The molecule has 2 N–H and O–H groups in total. The summed E-state index contributed by atoms with van der Waals surface area (Å²) >= 11 is 0. The minimum Gasteiger partial charge on any atom is -0.379 e. The lowest BCUT2D eigenvalue weighted by Gasteiger charge is -2.26. The minimum absolute atomic E-state index is 0.896. The van der Waals surface area contributed by atoms with E-state index in [0.29, 0.717) is 0 Å². The lowest BCUT2D eigenvalue weighted by Crippen LogP contribution is -2.37.